The third kappa shape index (κ3) is 4.31. The van der Waals surface area contributed by atoms with Gasteiger partial charge in [-0.15, -0.1) is 0 Å². The number of amides is 1. The maximum atomic E-state index is 13.1. The monoisotopic (exact) mass is 423 g/mol. The molecule has 1 amide bonds. The highest BCUT2D eigenvalue weighted by molar-refractivity contribution is 7.91. The first-order valence-electron chi connectivity index (χ1n) is 9.99. The molecule has 0 aliphatic carbocycles. The van der Waals surface area contributed by atoms with Crippen LogP contribution in [-0.4, -0.2) is 47.6 Å². The van der Waals surface area contributed by atoms with E-state index in [0.717, 1.165) is 22.4 Å². The molecule has 0 spiro atoms. The molecule has 3 aromatic rings. The van der Waals surface area contributed by atoms with Gasteiger partial charge in [0.2, 0.25) is 0 Å². The van der Waals surface area contributed by atoms with Crippen molar-refractivity contribution >= 4 is 15.7 Å². The lowest BCUT2D eigenvalue weighted by atomic mass is 10.1. The van der Waals surface area contributed by atoms with Gasteiger partial charge in [-0.1, -0.05) is 60.2 Å². The summed E-state index contributed by atoms with van der Waals surface area (Å²) in [4.78, 5) is 14.7. The van der Waals surface area contributed by atoms with Crippen molar-refractivity contribution in [3.05, 3.63) is 77.5 Å². The zero-order chi connectivity index (χ0) is 21.3. The quantitative estimate of drug-likeness (QED) is 0.630. The molecule has 1 aliphatic heterocycles. The number of benzene rings is 2. The molecular formula is C23H25N3O3S. The van der Waals surface area contributed by atoms with E-state index in [2.05, 4.69) is 5.10 Å². The summed E-state index contributed by atoms with van der Waals surface area (Å²) < 4.78 is 25.8. The predicted octanol–water partition coefficient (Wildman–Crippen LogP) is 3.49. The Morgan fingerprint density at radius 3 is 2.47 bits per heavy atom. The van der Waals surface area contributed by atoms with Crippen LogP contribution in [-0.2, 0) is 16.4 Å². The van der Waals surface area contributed by atoms with E-state index in [9.17, 15) is 13.2 Å². The van der Waals surface area contributed by atoms with Gasteiger partial charge < -0.3 is 4.90 Å². The Morgan fingerprint density at radius 2 is 1.83 bits per heavy atom. The van der Waals surface area contributed by atoms with Gasteiger partial charge in [-0.25, -0.2) is 8.42 Å². The number of nitrogens with zero attached hydrogens (tertiary/aromatic N) is 3. The average Bonchev–Trinajstić information content (AvgIpc) is 3.32. The van der Waals surface area contributed by atoms with Crippen molar-refractivity contribution in [1.29, 1.82) is 0 Å². The van der Waals surface area contributed by atoms with Crippen LogP contribution in [0.25, 0.3) is 11.3 Å². The van der Waals surface area contributed by atoms with E-state index in [-0.39, 0.29) is 23.5 Å². The topological polar surface area (TPSA) is 72.3 Å². The largest absolute Gasteiger partial charge is 0.336 e. The lowest BCUT2D eigenvalue weighted by molar-refractivity contribution is 0.0778. The molecule has 0 radical (unpaired) electrons. The smallest absolute Gasteiger partial charge is 0.274 e. The van der Waals surface area contributed by atoms with Crippen LogP contribution in [0.3, 0.4) is 0 Å². The zero-order valence-electron chi connectivity index (χ0n) is 17.2. The van der Waals surface area contributed by atoms with E-state index in [1.54, 1.807) is 22.7 Å². The summed E-state index contributed by atoms with van der Waals surface area (Å²) >= 11 is 0. The fourth-order valence-electron chi connectivity index (χ4n) is 3.81. The first-order valence-corrected chi connectivity index (χ1v) is 11.8. The second kappa shape index (κ2) is 8.07. The maximum Gasteiger partial charge on any atom is 0.274 e. The fourth-order valence-corrected chi connectivity index (χ4v) is 5.50. The SMILES string of the molecule is Cc1ccc(-c2cc(C(=O)N(C)Cc3ccccc3)nn2[C@H]2CCS(=O)(=O)C2)cc1. The molecule has 0 unspecified atom stereocenters. The number of hydrogen-bond acceptors (Lipinski definition) is 4. The molecule has 4 rings (SSSR count). The minimum absolute atomic E-state index is 0.0566. The van der Waals surface area contributed by atoms with Crippen molar-refractivity contribution < 1.29 is 13.2 Å². The average molecular weight is 424 g/mol. The summed E-state index contributed by atoms with van der Waals surface area (Å²) in [7, 11) is -1.32. The molecule has 7 heteroatoms. The van der Waals surface area contributed by atoms with Gasteiger partial charge in [0, 0.05) is 13.6 Å². The summed E-state index contributed by atoms with van der Waals surface area (Å²) in [5.41, 5.74) is 4.18. The minimum Gasteiger partial charge on any atom is -0.336 e. The van der Waals surface area contributed by atoms with Gasteiger partial charge in [-0.2, -0.15) is 5.10 Å². The van der Waals surface area contributed by atoms with Crippen LogP contribution in [0.5, 0.6) is 0 Å². The molecule has 1 aromatic heterocycles. The molecule has 1 atom stereocenters. The number of aryl methyl sites for hydroxylation is 1. The van der Waals surface area contributed by atoms with Gasteiger partial charge in [0.15, 0.2) is 15.5 Å². The standard InChI is InChI=1S/C23H25N3O3S/c1-17-8-10-19(11-9-17)22-14-21(24-26(22)20-12-13-30(28,29)16-20)23(27)25(2)15-18-6-4-3-5-7-18/h3-11,14,20H,12-13,15-16H2,1-2H3/t20-/m0/s1. The lowest BCUT2D eigenvalue weighted by Gasteiger charge is -2.16. The maximum absolute atomic E-state index is 13.1. The second-order valence-corrected chi connectivity index (χ2v) is 10.2. The number of carbonyl (C=O) groups excluding carboxylic acids is 1. The number of carbonyl (C=O) groups is 1. The van der Waals surface area contributed by atoms with Gasteiger partial charge in [0.05, 0.1) is 23.2 Å². The Bertz CT molecular complexity index is 1150. The van der Waals surface area contributed by atoms with Gasteiger partial charge in [0.25, 0.3) is 5.91 Å². The van der Waals surface area contributed by atoms with E-state index >= 15 is 0 Å². The second-order valence-electron chi connectivity index (χ2n) is 7.93. The summed E-state index contributed by atoms with van der Waals surface area (Å²) in [5, 5.41) is 4.58. The third-order valence-corrected chi connectivity index (χ3v) is 7.22. The first kappa shape index (κ1) is 20.3. The van der Waals surface area contributed by atoms with Crippen LogP contribution in [0, 0.1) is 6.92 Å². The van der Waals surface area contributed by atoms with Crippen LogP contribution in [0.2, 0.25) is 0 Å². The van der Waals surface area contributed by atoms with Crippen molar-refractivity contribution in [2.24, 2.45) is 0 Å². The molecule has 156 valence electrons. The lowest BCUT2D eigenvalue weighted by Crippen LogP contribution is -2.27. The van der Waals surface area contributed by atoms with Gasteiger partial charge in [0.1, 0.15) is 0 Å². The van der Waals surface area contributed by atoms with Crippen LogP contribution >= 0.6 is 0 Å². The van der Waals surface area contributed by atoms with Crippen LogP contribution in [0.1, 0.15) is 34.1 Å². The van der Waals surface area contributed by atoms with E-state index in [1.807, 2.05) is 61.5 Å². The van der Waals surface area contributed by atoms with Crippen molar-refractivity contribution in [1.82, 2.24) is 14.7 Å². The Labute approximate surface area is 177 Å². The third-order valence-electron chi connectivity index (χ3n) is 5.47. The summed E-state index contributed by atoms with van der Waals surface area (Å²) in [6, 6.07) is 19.3. The summed E-state index contributed by atoms with van der Waals surface area (Å²) in [5.74, 6) is 0.0233. The Morgan fingerprint density at radius 1 is 1.13 bits per heavy atom. The molecule has 2 aromatic carbocycles. The highest BCUT2D eigenvalue weighted by Gasteiger charge is 2.32. The molecule has 1 aliphatic rings. The Kier molecular flexibility index (Phi) is 5.47. The number of sulfone groups is 1. The van der Waals surface area contributed by atoms with Gasteiger partial charge in [-0.05, 0) is 30.5 Å². The molecule has 2 heterocycles. The molecule has 0 N–H and O–H groups in total. The Balaban J connectivity index is 1.67. The molecule has 6 nitrogen and oxygen atoms in total. The zero-order valence-corrected chi connectivity index (χ0v) is 18.0. The first-order chi connectivity index (χ1) is 14.3. The summed E-state index contributed by atoms with van der Waals surface area (Å²) in [6.45, 7) is 2.49. The van der Waals surface area contributed by atoms with Gasteiger partial charge in [-0.3, -0.25) is 9.48 Å². The van der Waals surface area contributed by atoms with Crippen LogP contribution in [0.4, 0.5) is 0 Å². The minimum atomic E-state index is -3.07. The van der Waals surface area contributed by atoms with Crippen LogP contribution < -0.4 is 0 Å². The van der Waals surface area contributed by atoms with Crippen LogP contribution in [0.15, 0.2) is 60.7 Å². The highest BCUT2D eigenvalue weighted by Crippen LogP contribution is 2.30. The van der Waals surface area contributed by atoms with Crippen molar-refractivity contribution in [2.75, 3.05) is 18.6 Å². The molecule has 0 bridgehead atoms. The molecule has 30 heavy (non-hydrogen) atoms. The molecule has 1 fully saturated rings. The normalized spacial score (nSPS) is 17.7. The van der Waals surface area contributed by atoms with Gasteiger partial charge >= 0.3 is 0 Å². The number of hydrogen-bond donors (Lipinski definition) is 0. The van der Waals surface area contributed by atoms with E-state index < -0.39 is 9.84 Å². The Hall–Kier alpha value is -2.93. The molecule has 1 saturated heterocycles. The van der Waals surface area contributed by atoms with Crippen molar-refractivity contribution in [3.63, 3.8) is 0 Å². The van der Waals surface area contributed by atoms with Crippen molar-refractivity contribution in [2.45, 2.75) is 25.9 Å². The molecule has 0 saturated carbocycles. The fraction of sp³-hybridized carbons (Fsp3) is 0.304. The van der Waals surface area contributed by atoms with E-state index in [1.165, 1.54) is 0 Å². The number of rotatable bonds is 5. The predicted molar refractivity (Wildman–Crippen MR) is 117 cm³/mol. The van der Waals surface area contributed by atoms with Crippen molar-refractivity contribution in [3.8, 4) is 11.3 Å². The summed E-state index contributed by atoms with van der Waals surface area (Å²) in [6.07, 6.45) is 0.510. The number of aromatic nitrogens is 2. The highest BCUT2D eigenvalue weighted by atomic mass is 32.2. The van der Waals surface area contributed by atoms with E-state index in [4.69, 9.17) is 0 Å². The molecular weight excluding hydrogens is 398 g/mol. The van der Waals surface area contributed by atoms with E-state index in [0.29, 0.717) is 18.7 Å².